The predicted molar refractivity (Wildman–Crippen MR) is 125 cm³/mol. The number of carbonyl (C=O) groups excluding carboxylic acids is 2. The Morgan fingerprint density at radius 2 is 1.85 bits per heavy atom. The molecule has 166 valence electrons. The van der Waals surface area contributed by atoms with Crippen LogP contribution in [0.5, 0.6) is 17.2 Å². The van der Waals surface area contributed by atoms with Crippen LogP contribution in [0.15, 0.2) is 58.8 Å². The molecule has 2 aliphatic heterocycles. The quantitative estimate of drug-likeness (QED) is 0.255. The van der Waals surface area contributed by atoms with Crippen LogP contribution < -0.4 is 14.2 Å². The number of ether oxygens (including phenoxy) is 4. The maximum Gasteiger partial charge on any atom is 0.343 e. The highest BCUT2D eigenvalue weighted by atomic mass is 79.9. The Bertz CT molecular complexity index is 1320. The summed E-state index contributed by atoms with van der Waals surface area (Å²) >= 11 is 3.49. The molecule has 3 aromatic rings. The van der Waals surface area contributed by atoms with Crippen LogP contribution in [-0.2, 0) is 11.3 Å². The molecule has 0 fully saturated rings. The zero-order chi connectivity index (χ0) is 23.1. The van der Waals surface area contributed by atoms with Crippen molar-refractivity contribution >= 4 is 33.8 Å². The third-order valence-electron chi connectivity index (χ3n) is 5.52. The second kappa shape index (κ2) is 8.50. The molecule has 7 heteroatoms. The molecule has 0 radical (unpaired) electrons. The van der Waals surface area contributed by atoms with Gasteiger partial charge in [-0.3, -0.25) is 4.79 Å². The molecule has 2 heterocycles. The summed E-state index contributed by atoms with van der Waals surface area (Å²) in [7, 11) is 0. The number of rotatable bonds is 3. The van der Waals surface area contributed by atoms with Gasteiger partial charge in [0.1, 0.15) is 17.2 Å². The van der Waals surface area contributed by atoms with Crippen LogP contribution in [0.4, 0.5) is 0 Å². The molecule has 33 heavy (non-hydrogen) atoms. The van der Waals surface area contributed by atoms with E-state index in [1.54, 1.807) is 37.3 Å². The molecule has 2 aliphatic rings. The zero-order valence-electron chi connectivity index (χ0n) is 17.9. The van der Waals surface area contributed by atoms with Gasteiger partial charge in [0.2, 0.25) is 5.78 Å². The Morgan fingerprint density at radius 1 is 1.06 bits per heavy atom. The lowest BCUT2D eigenvalue weighted by Crippen LogP contribution is -2.12. The Balaban J connectivity index is 1.45. The van der Waals surface area contributed by atoms with Gasteiger partial charge in [0.05, 0.1) is 17.7 Å². The minimum absolute atomic E-state index is 0.147. The molecule has 5 rings (SSSR count). The lowest BCUT2D eigenvalue weighted by Gasteiger charge is -2.20. The number of allylic oxidation sites excluding steroid dienone is 1. The molecule has 3 aromatic carbocycles. The van der Waals surface area contributed by atoms with Crippen LogP contribution in [0.2, 0.25) is 0 Å². The van der Waals surface area contributed by atoms with Crippen molar-refractivity contribution in [2.45, 2.75) is 20.5 Å². The lowest BCUT2D eigenvalue weighted by molar-refractivity contribution is -0.0165. The molecule has 6 nitrogen and oxygen atoms in total. The van der Waals surface area contributed by atoms with Gasteiger partial charge in [-0.15, -0.1) is 0 Å². The van der Waals surface area contributed by atoms with Crippen LogP contribution in [0.25, 0.3) is 6.08 Å². The van der Waals surface area contributed by atoms with Crippen molar-refractivity contribution in [1.82, 2.24) is 0 Å². The maximum atomic E-state index is 13.0. The first-order chi connectivity index (χ1) is 15.9. The third-order valence-corrected chi connectivity index (χ3v) is 5.97. The molecule has 0 amide bonds. The van der Waals surface area contributed by atoms with Crippen LogP contribution >= 0.6 is 15.9 Å². The number of ketones is 1. The summed E-state index contributed by atoms with van der Waals surface area (Å²) in [5.41, 5.74) is 4.08. The van der Waals surface area contributed by atoms with E-state index in [4.69, 9.17) is 18.9 Å². The fourth-order valence-electron chi connectivity index (χ4n) is 3.78. The van der Waals surface area contributed by atoms with Gasteiger partial charge < -0.3 is 18.9 Å². The third kappa shape index (κ3) is 4.05. The van der Waals surface area contributed by atoms with E-state index in [1.807, 2.05) is 31.2 Å². The van der Waals surface area contributed by atoms with E-state index in [1.165, 1.54) is 0 Å². The summed E-state index contributed by atoms with van der Waals surface area (Å²) in [5, 5.41) is 0. The zero-order valence-corrected chi connectivity index (χ0v) is 19.5. The number of hydrogen-bond acceptors (Lipinski definition) is 6. The Labute approximate surface area is 198 Å². The van der Waals surface area contributed by atoms with E-state index >= 15 is 0 Å². The summed E-state index contributed by atoms with van der Waals surface area (Å²) < 4.78 is 23.4. The minimum Gasteiger partial charge on any atom is -0.467 e. The highest BCUT2D eigenvalue weighted by Gasteiger charge is 2.31. The van der Waals surface area contributed by atoms with Crippen molar-refractivity contribution in [3.8, 4) is 17.2 Å². The number of hydrogen-bond donors (Lipinski definition) is 0. The molecule has 0 bridgehead atoms. The average molecular weight is 507 g/mol. The van der Waals surface area contributed by atoms with Crippen LogP contribution in [0.1, 0.15) is 43.0 Å². The largest absolute Gasteiger partial charge is 0.467 e. The van der Waals surface area contributed by atoms with Gasteiger partial charge in [-0.25, -0.2) is 4.79 Å². The van der Waals surface area contributed by atoms with Crippen molar-refractivity contribution in [3.05, 3.63) is 92.1 Å². The number of carbonyl (C=O) groups is 2. The number of esters is 1. The molecular weight excluding hydrogens is 488 g/mol. The van der Waals surface area contributed by atoms with Crippen molar-refractivity contribution in [2.75, 3.05) is 6.79 Å². The summed E-state index contributed by atoms with van der Waals surface area (Å²) in [6, 6.07) is 14.1. The molecule has 0 atom stereocenters. The van der Waals surface area contributed by atoms with Crippen LogP contribution in [0, 0.1) is 13.8 Å². The molecule has 0 saturated heterocycles. The average Bonchev–Trinajstić information content (AvgIpc) is 3.12. The lowest BCUT2D eigenvalue weighted by atomic mass is 10.0. The molecule has 0 saturated carbocycles. The molecular formula is C26H19BrO6. The van der Waals surface area contributed by atoms with E-state index in [-0.39, 0.29) is 18.3 Å². The van der Waals surface area contributed by atoms with Gasteiger partial charge in [0.25, 0.3) is 0 Å². The molecule has 0 aliphatic carbocycles. The molecule has 0 spiro atoms. The molecule has 0 unspecified atom stereocenters. The van der Waals surface area contributed by atoms with Crippen LogP contribution in [0.3, 0.4) is 0 Å². The standard InChI is InChI=1S/C26H19BrO6/c1-14-3-5-16(6-4-14)26(29)33-21-8-7-20-23(28)22(32-24(20)15(21)2)11-17-9-19(27)10-18-12-30-13-31-25(17)18/h3-11H,12-13H2,1-2H3/b22-11-. The number of benzene rings is 3. The number of fused-ring (bicyclic) bond motifs is 2. The van der Waals surface area contributed by atoms with Gasteiger partial charge >= 0.3 is 5.97 Å². The van der Waals surface area contributed by atoms with Gasteiger partial charge in [0, 0.05) is 21.2 Å². The Hall–Kier alpha value is -3.42. The smallest absolute Gasteiger partial charge is 0.343 e. The number of aryl methyl sites for hydroxylation is 1. The highest BCUT2D eigenvalue weighted by Crippen LogP contribution is 2.41. The Morgan fingerprint density at radius 3 is 2.64 bits per heavy atom. The monoisotopic (exact) mass is 506 g/mol. The molecule has 0 N–H and O–H groups in total. The van der Waals surface area contributed by atoms with E-state index in [2.05, 4.69) is 15.9 Å². The first-order valence-corrected chi connectivity index (χ1v) is 11.1. The number of halogens is 1. The van der Waals surface area contributed by atoms with Gasteiger partial charge in [-0.2, -0.15) is 0 Å². The summed E-state index contributed by atoms with van der Waals surface area (Å²) in [6.07, 6.45) is 1.66. The van der Waals surface area contributed by atoms with Crippen LogP contribution in [-0.4, -0.2) is 18.5 Å². The second-order valence-electron chi connectivity index (χ2n) is 7.85. The van der Waals surface area contributed by atoms with Crippen molar-refractivity contribution in [3.63, 3.8) is 0 Å². The second-order valence-corrected chi connectivity index (χ2v) is 8.77. The van der Waals surface area contributed by atoms with E-state index in [0.717, 1.165) is 15.6 Å². The van der Waals surface area contributed by atoms with E-state index in [9.17, 15) is 9.59 Å². The fraction of sp³-hybridized carbons (Fsp3) is 0.154. The minimum atomic E-state index is -0.474. The van der Waals surface area contributed by atoms with Crippen molar-refractivity contribution in [1.29, 1.82) is 0 Å². The molecule has 0 aromatic heterocycles. The highest BCUT2D eigenvalue weighted by molar-refractivity contribution is 9.10. The van der Waals surface area contributed by atoms with Gasteiger partial charge in [-0.05, 0) is 56.3 Å². The summed E-state index contributed by atoms with van der Waals surface area (Å²) in [5.74, 6) is 0.838. The van der Waals surface area contributed by atoms with E-state index in [0.29, 0.717) is 46.1 Å². The predicted octanol–water partition coefficient (Wildman–Crippen LogP) is 5.77. The van der Waals surface area contributed by atoms with E-state index < -0.39 is 5.97 Å². The van der Waals surface area contributed by atoms with Gasteiger partial charge in [-0.1, -0.05) is 33.6 Å². The van der Waals surface area contributed by atoms with Gasteiger partial charge in [0.15, 0.2) is 12.6 Å². The fourth-order valence-corrected chi connectivity index (χ4v) is 4.31. The number of Topliss-reactive ketones (excluding diaryl/α,β-unsaturated/α-hetero) is 1. The maximum absolute atomic E-state index is 13.0. The normalized spacial score (nSPS) is 15.5. The Kier molecular flexibility index (Phi) is 5.52. The SMILES string of the molecule is Cc1ccc(C(=O)Oc2ccc3c(c2C)O/C(=C\c2cc(Br)cc4c2OCOC4)C3=O)cc1. The van der Waals surface area contributed by atoms with Crippen molar-refractivity contribution < 1.29 is 28.5 Å². The van der Waals surface area contributed by atoms with Crippen molar-refractivity contribution in [2.24, 2.45) is 0 Å². The topological polar surface area (TPSA) is 71.1 Å². The first kappa shape index (κ1) is 21.4. The summed E-state index contributed by atoms with van der Waals surface area (Å²) in [4.78, 5) is 25.6. The first-order valence-electron chi connectivity index (χ1n) is 10.3. The summed E-state index contributed by atoms with van der Waals surface area (Å²) in [6.45, 7) is 4.28.